The van der Waals surface area contributed by atoms with Crippen LogP contribution in [-0.2, 0) is 6.42 Å². The molecule has 1 unspecified atom stereocenters. The predicted molar refractivity (Wildman–Crippen MR) is 67.2 cm³/mol. The van der Waals surface area contributed by atoms with Gasteiger partial charge in [0, 0.05) is 11.8 Å². The summed E-state index contributed by atoms with van der Waals surface area (Å²) in [5.41, 5.74) is 1.05. The molecule has 0 spiro atoms. The first-order valence-electron chi connectivity index (χ1n) is 6.46. The number of nitrogens with zero attached hydrogens (tertiary/aromatic N) is 2. The van der Waals surface area contributed by atoms with Gasteiger partial charge in [0.25, 0.3) is 0 Å². The highest BCUT2D eigenvalue weighted by atomic mass is 16.5. The van der Waals surface area contributed by atoms with Crippen LogP contribution in [0.1, 0.15) is 31.3 Å². The molecule has 0 aliphatic carbocycles. The fourth-order valence-corrected chi connectivity index (χ4v) is 2.15. The molecule has 0 amide bonds. The van der Waals surface area contributed by atoms with Gasteiger partial charge < -0.3 is 10.1 Å². The first-order valence-corrected chi connectivity index (χ1v) is 6.46. The SMILES string of the molecule is CCc1cc(OCCC2CCNC2)nc(C)n1. The average Bonchev–Trinajstić information content (AvgIpc) is 2.81. The zero-order valence-electron chi connectivity index (χ0n) is 10.7. The molecular weight excluding hydrogens is 214 g/mol. The Balaban J connectivity index is 1.83. The van der Waals surface area contributed by atoms with Crippen LogP contribution in [0, 0.1) is 12.8 Å². The summed E-state index contributed by atoms with van der Waals surface area (Å²) in [5, 5.41) is 3.37. The van der Waals surface area contributed by atoms with Gasteiger partial charge in [-0.15, -0.1) is 0 Å². The van der Waals surface area contributed by atoms with Gasteiger partial charge in [-0.2, -0.15) is 4.98 Å². The van der Waals surface area contributed by atoms with Crippen LogP contribution < -0.4 is 10.1 Å². The van der Waals surface area contributed by atoms with Crippen LogP contribution in [0.5, 0.6) is 5.88 Å². The van der Waals surface area contributed by atoms with E-state index in [0.29, 0.717) is 0 Å². The molecule has 4 heteroatoms. The number of ether oxygens (including phenoxy) is 1. The molecule has 1 atom stereocenters. The van der Waals surface area contributed by atoms with E-state index in [1.165, 1.54) is 6.42 Å². The second-order valence-electron chi connectivity index (χ2n) is 4.59. The van der Waals surface area contributed by atoms with Gasteiger partial charge in [-0.1, -0.05) is 6.92 Å². The molecule has 0 bridgehead atoms. The van der Waals surface area contributed by atoms with Crippen LogP contribution in [0.3, 0.4) is 0 Å². The van der Waals surface area contributed by atoms with Crippen LogP contribution in [0.4, 0.5) is 0 Å². The van der Waals surface area contributed by atoms with E-state index in [1.54, 1.807) is 0 Å². The normalized spacial score (nSPS) is 19.5. The highest BCUT2D eigenvalue weighted by molar-refractivity contribution is 5.15. The van der Waals surface area contributed by atoms with Gasteiger partial charge in [-0.3, -0.25) is 0 Å². The zero-order chi connectivity index (χ0) is 12.1. The second kappa shape index (κ2) is 5.96. The first-order chi connectivity index (χ1) is 8.28. The summed E-state index contributed by atoms with van der Waals surface area (Å²) in [6.45, 7) is 7.04. The zero-order valence-corrected chi connectivity index (χ0v) is 10.7. The standard InChI is InChI=1S/C13H21N3O/c1-3-12-8-13(16-10(2)15-12)17-7-5-11-4-6-14-9-11/h8,11,14H,3-7,9H2,1-2H3. The fourth-order valence-electron chi connectivity index (χ4n) is 2.15. The van der Waals surface area contributed by atoms with Crippen molar-refractivity contribution in [1.82, 2.24) is 15.3 Å². The maximum atomic E-state index is 5.71. The topological polar surface area (TPSA) is 47.0 Å². The van der Waals surface area contributed by atoms with E-state index in [4.69, 9.17) is 4.74 Å². The van der Waals surface area contributed by atoms with Gasteiger partial charge in [-0.05, 0) is 45.2 Å². The maximum Gasteiger partial charge on any atom is 0.216 e. The number of hydrogen-bond donors (Lipinski definition) is 1. The summed E-state index contributed by atoms with van der Waals surface area (Å²) < 4.78 is 5.71. The Labute approximate surface area is 103 Å². The van der Waals surface area contributed by atoms with Gasteiger partial charge >= 0.3 is 0 Å². The van der Waals surface area contributed by atoms with Crippen LogP contribution in [-0.4, -0.2) is 29.7 Å². The Morgan fingerprint density at radius 3 is 3.06 bits per heavy atom. The third-order valence-electron chi connectivity index (χ3n) is 3.17. The molecule has 1 fully saturated rings. The molecule has 2 rings (SSSR count). The van der Waals surface area contributed by atoms with Gasteiger partial charge in [0.1, 0.15) is 5.82 Å². The van der Waals surface area contributed by atoms with Gasteiger partial charge in [0.15, 0.2) is 0 Å². The monoisotopic (exact) mass is 235 g/mol. The lowest BCUT2D eigenvalue weighted by atomic mass is 10.1. The molecule has 17 heavy (non-hydrogen) atoms. The molecule has 2 heterocycles. The first kappa shape index (κ1) is 12.3. The molecule has 1 aromatic rings. The van der Waals surface area contributed by atoms with Crippen LogP contribution >= 0.6 is 0 Å². The molecule has 1 N–H and O–H groups in total. The highest BCUT2D eigenvalue weighted by Crippen LogP contribution is 2.14. The van der Waals surface area contributed by atoms with Crippen LogP contribution in [0.25, 0.3) is 0 Å². The Morgan fingerprint density at radius 2 is 2.35 bits per heavy atom. The summed E-state index contributed by atoms with van der Waals surface area (Å²) in [4.78, 5) is 8.63. The summed E-state index contributed by atoms with van der Waals surface area (Å²) >= 11 is 0. The lowest BCUT2D eigenvalue weighted by molar-refractivity contribution is 0.272. The summed E-state index contributed by atoms with van der Waals surface area (Å²) in [6, 6.07) is 1.94. The lowest BCUT2D eigenvalue weighted by Gasteiger charge is -2.10. The number of rotatable bonds is 5. The van der Waals surface area contributed by atoms with Gasteiger partial charge in [0.05, 0.1) is 6.61 Å². The molecule has 1 saturated heterocycles. The van der Waals surface area contributed by atoms with E-state index in [0.717, 1.165) is 55.9 Å². The number of nitrogens with one attached hydrogen (secondary N) is 1. The van der Waals surface area contributed by atoms with Gasteiger partial charge in [-0.25, -0.2) is 4.98 Å². The average molecular weight is 235 g/mol. The van der Waals surface area contributed by atoms with Crippen molar-refractivity contribution in [3.8, 4) is 5.88 Å². The molecule has 1 aliphatic heterocycles. The summed E-state index contributed by atoms with van der Waals surface area (Å²) in [6.07, 6.45) is 3.30. The number of hydrogen-bond acceptors (Lipinski definition) is 4. The van der Waals surface area contributed by atoms with Crippen molar-refractivity contribution in [2.24, 2.45) is 5.92 Å². The largest absolute Gasteiger partial charge is 0.478 e. The number of aryl methyl sites for hydroxylation is 2. The third kappa shape index (κ3) is 3.66. The highest BCUT2D eigenvalue weighted by Gasteiger charge is 2.14. The van der Waals surface area contributed by atoms with Crippen molar-refractivity contribution in [2.45, 2.75) is 33.1 Å². The van der Waals surface area contributed by atoms with Crippen molar-refractivity contribution in [1.29, 1.82) is 0 Å². The Hall–Kier alpha value is -1.16. The quantitative estimate of drug-likeness (QED) is 0.844. The van der Waals surface area contributed by atoms with E-state index in [-0.39, 0.29) is 0 Å². The van der Waals surface area contributed by atoms with Crippen molar-refractivity contribution < 1.29 is 4.74 Å². The molecule has 0 radical (unpaired) electrons. The molecule has 0 saturated carbocycles. The molecule has 0 aromatic carbocycles. The van der Waals surface area contributed by atoms with Crippen molar-refractivity contribution >= 4 is 0 Å². The van der Waals surface area contributed by atoms with E-state index < -0.39 is 0 Å². The lowest BCUT2D eigenvalue weighted by Crippen LogP contribution is -2.12. The smallest absolute Gasteiger partial charge is 0.216 e. The van der Waals surface area contributed by atoms with Crippen LogP contribution in [0.15, 0.2) is 6.07 Å². The minimum atomic E-state index is 0.723. The minimum Gasteiger partial charge on any atom is -0.478 e. The molecular formula is C13H21N3O. The van der Waals surface area contributed by atoms with E-state index in [1.807, 2.05) is 13.0 Å². The van der Waals surface area contributed by atoms with E-state index in [9.17, 15) is 0 Å². The Kier molecular flexibility index (Phi) is 4.31. The minimum absolute atomic E-state index is 0.723. The van der Waals surface area contributed by atoms with Gasteiger partial charge in [0.2, 0.25) is 5.88 Å². The molecule has 1 aliphatic rings. The predicted octanol–water partition coefficient (Wildman–Crippen LogP) is 1.73. The summed E-state index contributed by atoms with van der Waals surface area (Å²) in [5.74, 6) is 2.28. The van der Waals surface area contributed by atoms with Crippen molar-refractivity contribution in [3.05, 3.63) is 17.6 Å². The third-order valence-corrected chi connectivity index (χ3v) is 3.17. The Bertz CT molecular complexity index is 362. The Morgan fingerprint density at radius 1 is 1.47 bits per heavy atom. The molecule has 4 nitrogen and oxygen atoms in total. The fraction of sp³-hybridized carbons (Fsp3) is 0.692. The molecule has 1 aromatic heterocycles. The second-order valence-corrected chi connectivity index (χ2v) is 4.59. The molecule has 94 valence electrons. The number of aromatic nitrogens is 2. The van der Waals surface area contributed by atoms with Crippen LogP contribution in [0.2, 0.25) is 0 Å². The van der Waals surface area contributed by atoms with Crippen molar-refractivity contribution in [3.63, 3.8) is 0 Å². The van der Waals surface area contributed by atoms with E-state index in [2.05, 4.69) is 22.2 Å². The van der Waals surface area contributed by atoms with Crippen molar-refractivity contribution in [2.75, 3.05) is 19.7 Å². The summed E-state index contributed by atoms with van der Waals surface area (Å²) in [7, 11) is 0. The van der Waals surface area contributed by atoms with E-state index >= 15 is 0 Å². The maximum absolute atomic E-state index is 5.71.